The molecule has 9 aromatic rings. The summed E-state index contributed by atoms with van der Waals surface area (Å²) in [6.07, 6.45) is 4.00. The molecule has 9 rings (SSSR count). The highest BCUT2D eigenvalue weighted by molar-refractivity contribution is 6.17. The summed E-state index contributed by atoms with van der Waals surface area (Å²) >= 11 is 0. The van der Waals surface area contributed by atoms with Crippen molar-refractivity contribution in [2.75, 3.05) is 0 Å². The highest BCUT2D eigenvalue weighted by Gasteiger charge is 2.20. The smallest absolute Gasteiger partial charge is 0.162 e. The van der Waals surface area contributed by atoms with Crippen LogP contribution in [-0.2, 0) is 0 Å². The van der Waals surface area contributed by atoms with Crippen molar-refractivity contribution in [3.05, 3.63) is 164 Å². The van der Waals surface area contributed by atoms with Crippen molar-refractivity contribution in [3.8, 4) is 39.6 Å². The molecular formula is C44H33N3O. The Hall–Kier alpha value is -6.26. The van der Waals surface area contributed by atoms with E-state index in [0.717, 1.165) is 66.7 Å². The third-order valence-corrected chi connectivity index (χ3v) is 8.76. The van der Waals surface area contributed by atoms with Crippen LogP contribution in [0.25, 0.3) is 83.3 Å². The Bertz CT molecular complexity index is 2520. The zero-order chi connectivity index (χ0) is 32.5. The van der Waals surface area contributed by atoms with E-state index in [4.69, 9.17) is 14.4 Å². The van der Waals surface area contributed by atoms with E-state index < -0.39 is 0 Å². The number of fused-ring (bicyclic) bond motifs is 6. The fraction of sp³-hybridized carbons (Fsp3) is 0.0455. The second-order valence-electron chi connectivity index (χ2n) is 11.7. The Kier molecular flexibility index (Phi) is 7.60. The standard InChI is InChI=1S/C40H25N3O.C4H8/c1-3-13-26(14-4-1)33-24-34(27-15-5-2-6-16-27)42-40(41-33)30-19-8-11-21-36(30)43-35-20-10-7-17-28(35)31-23-32-29-18-9-12-22-38(29)44-39(32)25-37(31)43;1-3-4-2/h1-25H;3-4H,1-2H3/b;4-3-. The number of rotatable bonds is 4. The van der Waals surface area contributed by atoms with Gasteiger partial charge < -0.3 is 8.98 Å². The van der Waals surface area contributed by atoms with Crippen LogP contribution in [0.3, 0.4) is 0 Å². The summed E-state index contributed by atoms with van der Waals surface area (Å²) < 4.78 is 8.68. The molecule has 0 bridgehead atoms. The summed E-state index contributed by atoms with van der Waals surface area (Å²) in [5, 5.41) is 4.61. The molecular weight excluding hydrogens is 587 g/mol. The molecule has 6 aromatic carbocycles. The second-order valence-corrected chi connectivity index (χ2v) is 11.7. The Morgan fingerprint density at radius 1 is 0.479 bits per heavy atom. The molecule has 0 aliphatic carbocycles. The van der Waals surface area contributed by atoms with E-state index in [-0.39, 0.29) is 0 Å². The van der Waals surface area contributed by atoms with Crippen LogP contribution in [0.2, 0.25) is 0 Å². The lowest BCUT2D eigenvalue weighted by Crippen LogP contribution is -2.01. The van der Waals surface area contributed by atoms with E-state index in [9.17, 15) is 0 Å². The Morgan fingerprint density at radius 2 is 1.06 bits per heavy atom. The Morgan fingerprint density at radius 3 is 1.75 bits per heavy atom. The van der Waals surface area contributed by atoms with Gasteiger partial charge >= 0.3 is 0 Å². The van der Waals surface area contributed by atoms with Gasteiger partial charge in [-0.05, 0) is 50.2 Å². The fourth-order valence-electron chi connectivity index (χ4n) is 6.39. The van der Waals surface area contributed by atoms with Crippen LogP contribution in [0.4, 0.5) is 0 Å². The summed E-state index contributed by atoms with van der Waals surface area (Å²) in [5.74, 6) is 0.677. The molecule has 0 fully saturated rings. The van der Waals surface area contributed by atoms with Gasteiger partial charge in [0.25, 0.3) is 0 Å². The van der Waals surface area contributed by atoms with Crippen molar-refractivity contribution in [1.82, 2.24) is 14.5 Å². The summed E-state index contributed by atoms with van der Waals surface area (Å²) in [6, 6.07) is 52.4. The molecule has 4 nitrogen and oxygen atoms in total. The van der Waals surface area contributed by atoms with Crippen molar-refractivity contribution in [3.63, 3.8) is 0 Å². The normalized spacial score (nSPS) is 11.5. The molecule has 4 heteroatoms. The maximum atomic E-state index is 6.35. The van der Waals surface area contributed by atoms with Gasteiger partial charge in [0, 0.05) is 44.3 Å². The first-order valence-corrected chi connectivity index (χ1v) is 16.2. The molecule has 0 N–H and O–H groups in total. The molecule has 0 saturated heterocycles. The quantitative estimate of drug-likeness (QED) is 0.184. The largest absolute Gasteiger partial charge is 0.456 e. The van der Waals surface area contributed by atoms with Crippen LogP contribution in [0.5, 0.6) is 0 Å². The molecule has 0 aliphatic heterocycles. The lowest BCUT2D eigenvalue weighted by molar-refractivity contribution is 0.669. The number of benzene rings is 6. The lowest BCUT2D eigenvalue weighted by Gasteiger charge is -2.15. The van der Waals surface area contributed by atoms with Crippen LogP contribution in [-0.4, -0.2) is 14.5 Å². The van der Waals surface area contributed by atoms with Gasteiger partial charge in [-0.3, -0.25) is 0 Å². The molecule has 3 aromatic heterocycles. The lowest BCUT2D eigenvalue weighted by atomic mass is 10.1. The zero-order valence-electron chi connectivity index (χ0n) is 26.8. The van der Waals surface area contributed by atoms with Gasteiger partial charge in [-0.25, -0.2) is 9.97 Å². The first-order chi connectivity index (χ1) is 23.7. The zero-order valence-corrected chi connectivity index (χ0v) is 26.8. The van der Waals surface area contributed by atoms with E-state index in [1.54, 1.807) is 0 Å². The number of hydrogen-bond donors (Lipinski definition) is 0. The van der Waals surface area contributed by atoms with Gasteiger partial charge in [0.1, 0.15) is 11.2 Å². The minimum absolute atomic E-state index is 0.677. The van der Waals surface area contributed by atoms with Gasteiger partial charge in [-0.2, -0.15) is 0 Å². The van der Waals surface area contributed by atoms with Gasteiger partial charge in [-0.1, -0.05) is 121 Å². The SMILES string of the molecule is C/C=C\C.c1ccc(-c2cc(-c3ccccc3)nc(-c3ccccc3-n3c4ccccc4c4cc5c(cc43)oc3ccccc35)n2)cc1. The second kappa shape index (κ2) is 12.5. The van der Waals surface area contributed by atoms with Crippen molar-refractivity contribution in [2.45, 2.75) is 13.8 Å². The van der Waals surface area contributed by atoms with Crippen molar-refractivity contribution < 1.29 is 4.42 Å². The summed E-state index contributed by atoms with van der Waals surface area (Å²) in [7, 11) is 0. The fourth-order valence-corrected chi connectivity index (χ4v) is 6.39. The maximum absolute atomic E-state index is 6.35. The van der Waals surface area contributed by atoms with E-state index in [1.807, 2.05) is 74.5 Å². The van der Waals surface area contributed by atoms with Crippen LogP contribution in [0.15, 0.2) is 168 Å². The highest BCUT2D eigenvalue weighted by atomic mass is 16.3. The van der Waals surface area contributed by atoms with E-state index in [1.165, 1.54) is 10.8 Å². The van der Waals surface area contributed by atoms with Gasteiger partial charge in [0.15, 0.2) is 5.82 Å². The molecule has 230 valence electrons. The average Bonchev–Trinajstić information content (AvgIpc) is 3.69. The predicted octanol–water partition coefficient (Wildman–Crippen LogP) is 12.1. The highest BCUT2D eigenvalue weighted by Crippen LogP contribution is 2.40. The first kappa shape index (κ1) is 29.2. The molecule has 0 amide bonds. The number of hydrogen-bond acceptors (Lipinski definition) is 3. The molecule has 0 spiro atoms. The Labute approximate surface area is 279 Å². The molecule has 0 radical (unpaired) electrons. The van der Waals surface area contributed by atoms with Crippen LogP contribution in [0, 0.1) is 0 Å². The minimum atomic E-state index is 0.677. The Balaban J connectivity index is 0.000000799. The summed E-state index contributed by atoms with van der Waals surface area (Å²) in [4.78, 5) is 10.3. The molecule has 0 unspecified atom stereocenters. The van der Waals surface area contributed by atoms with E-state index >= 15 is 0 Å². The van der Waals surface area contributed by atoms with Gasteiger partial charge in [0.05, 0.1) is 28.1 Å². The van der Waals surface area contributed by atoms with E-state index in [0.29, 0.717) is 5.82 Å². The third-order valence-electron chi connectivity index (χ3n) is 8.76. The van der Waals surface area contributed by atoms with Crippen molar-refractivity contribution in [2.24, 2.45) is 0 Å². The molecule has 0 saturated carbocycles. The molecule has 0 atom stereocenters. The average molecular weight is 620 g/mol. The van der Waals surface area contributed by atoms with Crippen LogP contribution in [0.1, 0.15) is 13.8 Å². The van der Waals surface area contributed by atoms with E-state index in [2.05, 4.69) is 108 Å². The molecule has 3 heterocycles. The molecule has 48 heavy (non-hydrogen) atoms. The van der Waals surface area contributed by atoms with Crippen molar-refractivity contribution >= 4 is 43.7 Å². The van der Waals surface area contributed by atoms with Crippen molar-refractivity contribution in [1.29, 1.82) is 0 Å². The van der Waals surface area contributed by atoms with Crippen LogP contribution >= 0.6 is 0 Å². The van der Waals surface area contributed by atoms with Crippen LogP contribution < -0.4 is 0 Å². The number of furan rings is 1. The monoisotopic (exact) mass is 619 g/mol. The first-order valence-electron chi connectivity index (χ1n) is 16.2. The summed E-state index contributed by atoms with van der Waals surface area (Å²) in [6.45, 7) is 4.00. The molecule has 0 aliphatic rings. The van der Waals surface area contributed by atoms with Gasteiger partial charge in [0.2, 0.25) is 0 Å². The van der Waals surface area contributed by atoms with Gasteiger partial charge in [-0.15, -0.1) is 0 Å². The minimum Gasteiger partial charge on any atom is -0.456 e. The summed E-state index contributed by atoms with van der Waals surface area (Å²) in [5.41, 5.74) is 9.80. The topological polar surface area (TPSA) is 43.9 Å². The number of aromatic nitrogens is 3. The number of nitrogens with zero attached hydrogens (tertiary/aromatic N) is 3. The predicted molar refractivity (Wildman–Crippen MR) is 200 cm³/mol. The third kappa shape index (κ3) is 5.14. The number of allylic oxidation sites excluding steroid dienone is 2. The number of para-hydroxylation sites is 3. The maximum Gasteiger partial charge on any atom is 0.162 e.